The summed E-state index contributed by atoms with van der Waals surface area (Å²) in [6.07, 6.45) is 0.211. The van der Waals surface area contributed by atoms with Gasteiger partial charge in [0.1, 0.15) is 11.5 Å². The van der Waals surface area contributed by atoms with Gasteiger partial charge in [0.25, 0.3) is 0 Å². The van der Waals surface area contributed by atoms with Gasteiger partial charge in [-0.3, -0.25) is 0 Å². The zero-order valence-corrected chi connectivity index (χ0v) is 13.5. The fourth-order valence-corrected chi connectivity index (χ4v) is 2.89. The lowest BCUT2D eigenvalue weighted by molar-refractivity contribution is 0.115. The number of aliphatic hydroxyl groups is 1. The zero-order valence-electron chi connectivity index (χ0n) is 12.5. The van der Waals surface area contributed by atoms with Crippen LogP contribution in [0.15, 0.2) is 18.2 Å². The number of rotatable bonds is 2. The number of hydrogen-bond donors (Lipinski definition) is 1. The lowest BCUT2D eigenvalue weighted by Crippen LogP contribution is -2.43. The molecule has 1 aliphatic heterocycles. The summed E-state index contributed by atoms with van der Waals surface area (Å²) in [6.45, 7) is 11.7. The molecule has 1 atom stereocenters. The molecule has 1 N–H and O–H groups in total. The maximum Gasteiger partial charge on any atom is 0.250 e. The van der Waals surface area contributed by atoms with Crippen molar-refractivity contribution in [3.8, 4) is 11.5 Å². The summed E-state index contributed by atoms with van der Waals surface area (Å²) in [5.41, 5.74) is 0.849. The van der Waals surface area contributed by atoms with E-state index in [0.29, 0.717) is 13.0 Å². The van der Waals surface area contributed by atoms with Crippen molar-refractivity contribution in [2.45, 2.75) is 51.4 Å². The maximum absolute atomic E-state index is 10.0. The van der Waals surface area contributed by atoms with Crippen molar-refractivity contribution in [2.75, 3.05) is 6.61 Å². The molecular weight excluding hydrogens is 256 g/mol. The van der Waals surface area contributed by atoms with Crippen LogP contribution in [0.4, 0.5) is 0 Å². The Balaban J connectivity index is 2.26. The van der Waals surface area contributed by atoms with E-state index >= 15 is 0 Å². The van der Waals surface area contributed by atoms with E-state index in [1.807, 2.05) is 18.2 Å². The highest BCUT2D eigenvalue weighted by Gasteiger charge is 2.39. The normalized spacial score (nSPS) is 19.6. The van der Waals surface area contributed by atoms with E-state index < -0.39 is 14.4 Å². The van der Waals surface area contributed by atoms with Crippen LogP contribution in [0.1, 0.15) is 38.9 Å². The Hall–Kier alpha value is -1.00. The average molecular weight is 280 g/mol. The van der Waals surface area contributed by atoms with E-state index in [0.717, 1.165) is 17.1 Å². The molecule has 1 aromatic rings. The molecule has 0 aromatic heterocycles. The Labute approximate surface area is 116 Å². The summed E-state index contributed by atoms with van der Waals surface area (Å²) >= 11 is 0. The van der Waals surface area contributed by atoms with Crippen LogP contribution >= 0.6 is 0 Å². The Bertz CT molecular complexity index is 463. The third-order valence-electron chi connectivity index (χ3n) is 4.17. The molecule has 1 aromatic carbocycles. The van der Waals surface area contributed by atoms with E-state index in [4.69, 9.17) is 9.16 Å². The first-order chi connectivity index (χ1) is 8.71. The van der Waals surface area contributed by atoms with Crippen molar-refractivity contribution in [1.82, 2.24) is 0 Å². The molecule has 0 unspecified atom stereocenters. The molecule has 1 heterocycles. The molecule has 0 aliphatic carbocycles. The molecule has 3 nitrogen and oxygen atoms in total. The van der Waals surface area contributed by atoms with Crippen LogP contribution in [0.25, 0.3) is 0 Å². The molecule has 4 heteroatoms. The van der Waals surface area contributed by atoms with Crippen molar-refractivity contribution in [1.29, 1.82) is 0 Å². The SMILES string of the molecule is CC(C)(C)[Si](C)(C)Oc1ccc2c(c1)[C@@H](O)CCO2. The lowest BCUT2D eigenvalue weighted by atomic mass is 10.0. The Morgan fingerprint density at radius 1 is 1.32 bits per heavy atom. The number of aliphatic hydroxyl groups excluding tert-OH is 1. The standard InChI is InChI=1S/C15H24O3Si/c1-15(2,3)19(4,5)18-11-6-7-14-12(10-11)13(16)8-9-17-14/h6-7,10,13,16H,8-9H2,1-5H3/t13-/m0/s1. The van der Waals surface area contributed by atoms with Crippen LogP contribution in [-0.2, 0) is 0 Å². The smallest absolute Gasteiger partial charge is 0.250 e. The first-order valence-corrected chi connectivity index (χ1v) is 9.75. The molecule has 2 rings (SSSR count). The maximum atomic E-state index is 10.0. The fraction of sp³-hybridized carbons (Fsp3) is 0.600. The second kappa shape index (κ2) is 4.83. The zero-order chi connectivity index (χ0) is 14.3. The van der Waals surface area contributed by atoms with Gasteiger partial charge in [0.2, 0.25) is 8.32 Å². The second-order valence-electron chi connectivity index (χ2n) is 6.71. The molecule has 19 heavy (non-hydrogen) atoms. The molecule has 0 amide bonds. The molecule has 1 aliphatic rings. The van der Waals surface area contributed by atoms with E-state index in [1.54, 1.807) is 0 Å². The van der Waals surface area contributed by atoms with Gasteiger partial charge in [0.05, 0.1) is 12.7 Å². The van der Waals surface area contributed by atoms with Crippen molar-refractivity contribution in [3.63, 3.8) is 0 Å². The topological polar surface area (TPSA) is 38.7 Å². The first-order valence-electron chi connectivity index (χ1n) is 6.84. The molecule has 0 saturated heterocycles. The Morgan fingerprint density at radius 2 is 2.00 bits per heavy atom. The number of benzene rings is 1. The van der Waals surface area contributed by atoms with Gasteiger partial charge >= 0.3 is 0 Å². The molecule has 106 valence electrons. The highest BCUT2D eigenvalue weighted by Crippen LogP contribution is 2.40. The third-order valence-corrected chi connectivity index (χ3v) is 8.53. The van der Waals surface area contributed by atoms with Crippen LogP contribution in [-0.4, -0.2) is 20.0 Å². The summed E-state index contributed by atoms with van der Waals surface area (Å²) in [5.74, 6) is 1.62. The van der Waals surface area contributed by atoms with Crippen LogP contribution in [0.5, 0.6) is 11.5 Å². The quantitative estimate of drug-likeness (QED) is 0.835. The lowest BCUT2D eigenvalue weighted by Gasteiger charge is -2.36. The van der Waals surface area contributed by atoms with Gasteiger partial charge in [-0.1, -0.05) is 20.8 Å². The molecular formula is C15H24O3Si. The molecule has 0 fully saturated rings. The van der Waals surface area contributed by atoms with E-state index in [1.165, 1.54) is 0 Å². The largest absolute Gasteiger partial charge is 0.543 e. The number of hydrogen-bond acceptors (Lipinski definition) is 3. The third kappa shape index (κ3) is 2.95. The fourth-order valence-electron chi connectivity index (χ4n) is 1.87. The number of fused-ring (bicyclic) bond motifs is 1. The Morgan fingerprint density at radius 3 is 2.63 bits per heavy atom. The number of ether oxygens (including phenoxy) is 1. The average Bonchev–Trinajstić information content (AvgIpc) is 2.28. The van der Waals surface area contributed by atoms with Gasteiger partial charge in [0.15, 0.2) is 0 Å². The summed E-state index contributed by atoms with van der Waals surface area (Å²) in [5, 5.41) is 10.2. The summed E-state index contributed by atoms with van der Waals surface area (Å²) in [7, 11) is -1.84. The molecule has 0 saturated carbocycles. The first kappa shape index (κ1) is 14.4. The van der Waals surface area contributed by atoms with Crippen LogP contribution in [0.2, 0.25) is 18.1 Å². The summed E-state index contributed by atoms with van der Waals surface area (Å²) < 4.78 is 11.8. The van der Waals surface area contributed by atoms with E-state index in [-0.39, 0.29) is 5.04 Å². The highest BCUT2D eigenvalue weighted by molar-refractivity contribution is 6.74. The van der Waals surface area contributed by atoms with Crippen molar-refractivity contribution in [3.05, 3.63) is 23.8 Å². The Kier molecular flexibility index (Phi) is 3.67. The van der Waals surface area contributed by atoms with Gasteiger partial charge in [-0.15, -0.1) is 0 Å². The predicted octanol–water partition coefficient (Wildman–Crippen LogP) is 3.89. The van der Waals surface area contributed by atoms with Gasteiger partial charge < -0.3 is 14.3 Å². The predicted molar refractivity (Wildman–Crippen MR) is 79.3 cm³/mol. The van der Waals surface area contributed by atoms with Gasteiger partial charge in [-0.05, 0) is 36.3 Å². The van der Waals surface area contributed by atoms with Gasteiger partial charge in [-0.2, -0.15) is 0 Å². The van der Waals surface area contributed by atoms with E-state index in [9.17, 15) is 5.11 Å². The van der Waals surface area contributed by atoms with E-state index in [2.05, 4.69) is 33.9 Å². The molecule has 0 spiro atoms. The molecule has 0 radical (unpaired) electrons. The second-order valence-corrected chi connectivity index (χ2v) is 11.4. The van der Waals surface area contributed by atoms with Crippen molar-refractivity contribution >= 4 is 8.32 Å². The highest BCUT2D eigenvalue weighted by atomic mass is 28.4. The monoisotopic (exact) mass is 280 g/mol. The van der Waals surface area contributed by atoms with Crippen LogP contribution in [0.3, 0.4) is 0 Å². The minimum atomic E-state index is -1.84. The molecule has 0 bridgehead atoms. The van der Waals surface area contributed by atoms with Crippen LogP contribution < -0.4 is 9.16 Å². The van der Waals surface area contributed by atoms with Gasteiger partial charge in [-0.25, -0.2) is 0 Å². The van der Waals surface area contributed by atoms with Crippen LogP contribution in [0, 0.1) is 0 Å². The summed E-state index contributed by atoms with van der Waals surface area (Å²) in [4.78, 5) is 0. The van der Waals surface area contributed by atoms with Crippen molar-refractivity contribution in [2.24, 2.45) is 0 Å². The minimum Gasteiger partial charge on any atom is -0.543 e. The summed E-state index contributed by atoms with van der Waals surface area (Å²) in [6, 6.07) is 5.78. The van der Waals surface area contributed by atoms with Crippen molar-refractivity contribution < 1.29 is 14.3 Å². The minimum absolute atomic E-state index is 0.165. The van der Waals surface area contributed by atoms with Gasteiger partial charge in [0, 0.05) is 12.0 Å².